The van der Waals surface area contributed by atoms with E-state index in [0.717, 1.165) is 12.8 Å². The molecule has 1 N–H and O–H groups in total. The van der Waals surface area contributed by atoms with Crippen molar-refractivity contribution in [3.63, 3.8) is 0 Å². The first-order valence-electron chi connectivity index (χ1n) is 9.50. The summed E-state index contributed by atoms with van der Waals surface area (Å²) in [5.74, 6) is 0.234. The zero-order chi connectivity index (χ0) is 18.9. The monoisotopic (exact) mass is 367 g/mol. The molecule has 3 amide bonds. The molecule has 2 heterocycles. The number of hydrogen-bond donors (Lipinski definition) is 1. The summed E-state index contributed by atoms with van der Waals surface area (Å²) in [4.78, 5) is 28.4. The molecule has 27 heavy (non-hydrogen) atoms. The Balaban J connectivity index is 1.27. The van der Waals surface area contributed by atoms with Gasteiger partial charge in [-0.3, -0.25) is 4.79 Å². The highest BCUT2D eigenvalue weighted by Crippen LogP contribution is 2.47. The number of urea groups is 1. The third kappa shape index (κ3) is 3.70. The molecule has 1 aliphatic heterocycles. The average Bonchev–Trinajstić information content (AvgIpc) is 3.29. The fourth-order valence-corrected chi connectivity index (χ4v) is 3.65. The quantitative estimate of drug-likeness (QED) is 0.904. The van der Waals surface area contributed by atoms with Crippen molar-refractivity contribution in [3.8, 4) is 0 Å². The van der Waals surface area contributed by atoms with E-state index in [0.29, 0.717) is 38.5 Å². The number of amides is 3. The second-order valence-corrected chi connectivity index (χ2v) is 7.56. The molecular weight excluding hydrogens is 342 g/mol. The minimum absolute atomic E-state index is 0.0431. The van der Waals surface area contributed by atoms with Crippen LogP contribution in [-0.2, 0) is 5.41 Å². The molecule has 2 fully saturated rings. The molecule has 1 aromatic heterocycles. The van der Waals surface area contributed by atoms with Crippen molar-refractivity contribution in [2.24, 2.45) is 0 Å². The van der Waals surface area contributed by atoms with Crippen LogP contribution in [0, 0.1) is 6.92 Å². The third-order valence-corrected chi connectivity index (χ3v) is 5.68. The first-order chi connectivity index (χ1) is 13.1. The van der Waals surface area contributed by atoms with Gasteiger partial charge in [-0.25, -0.2) is 4.79 Å². The Labute approximate surface area is 159 Å². The number of aryl methyl sites for hydroxylation is 1. The van der Waals surface area contributed by atoms with Gasteiger partial charge in [-0.05, 0) is 37.5 Å². The predicted molar refractivity (Wildman–Crippen MR) is 102 cm³/mol. The van der Waals surface area contributed by atoms with Crippen molar-refractivity contribution in [2.75, 3.05) is 32.7 Å². The molecule has 0 atom stereocenters. The standard InChI is InChI=1S/C21H25N3O3/c1-16-4-6-17(7-5-16)21(8-9-21)15-22-20(26)24-12-10-23(11-13-24)19(25)18-3-2-14-27-18/h2-7,14H,8-13,15H2,1H3,(H,22,26). The highest BCUT2D eigenvalue weighted by Gasteiger charge is 2.44. The van der Waals surface area contributed by atoms with Gasteiger partial charge < -0.3 is 19.5 Å². The lowest BCUT2D eigenvalue weighted by molar-refractivity contribution is 0.0634. The highest BCUT2D eigenvalue weighted by molar-refractivity contribution is 5.91. The molecule has 4 rings (SSSR count). The maximum absolute atomic E-state index is 12.6. The van der Waals surface area contributed by atoms with Crippen molar-refractivity contribution >= 4 is 11.9 Å². The molecule has 0 unspecified atom stereocenters. The van der Waals surface area contributed by atoms with E-state index in [1.165, 1.54) is 17.4 Å². The van der Waals surface area contributed by atoms with E-state index in [-0.39, 0.29) is 17.4 Å². The summed E-state index contributed by atoms with van der Waals surface area (Å²) in [6, 6.07) is 11.9. The van der Waals surface area contributed by atoms with Crippen molar-refractivity contribution < 1.29 is 14.0 Å². The second-order valence-electron chi connectivity index (χ2n) is 7.56. The van der Waals surface area contributed by atoms with E-state index in [1.807, 2.05) is 0 Å². The van der Waals surface area contributed by atoms with Crippen LogP contribution in [0.5, 0.6) is 0 Å². The van der Waals surface area contributed by atoms with Crippen molar-refractivity contribution in [1.29, 1.82) is 0 Å². The zero-order valence-corrected chi connectivity index (χ0v) is 15.6. The molecule has 1 aliphatic carbocycles. The Morgan fingerprint density at radius 3 is 2.30 bits per heavy atom. The fourth-order valence-electron chi connectivity index (χ4n) is 3.65. The Hall–Kier alpha value is -2.76. The molecule has 1 saturated heterocycles. The lowest BCUT2D eigenvalue weighted by Crippen LogP contribution is -2.53. The van der Waals surface area contributed by atoms with Crippen LogP contribution in [0.4, 0.5) is 4.79 Å². The number of hydrogen-bond acceptors (Lipinski definition) is 3. The minimum Gasteiger partial charge on any atom is -0.459 e. The normalized spacial score (nSPS) is 18.3. The van der Waals surface area contributed by atoms with E-state index in [9.17, 15) is 9.59 Å². The summed E-state index contributed by atoms with van der Waals surface area (Å²) >= 11 is 0. The van der Waals surface area contributed by atoms with Gasteiger partial charge in [-0.2, -0.15) is 0 Å². The molecule has 0 radical (unpaired) electrons. The molecule has 2 aromatic rings. The summed E-state index contributed by atoms with van der Waals surface area (Å²) in [5, 5.41) is 3.10. The SMILES string of the molecule is Cc1ccc(C2(CNC(=O)N3CCN(C(=O)c4ccco4)CC3)CC2)cc1. The number of carbonyl (C=O) groups is 2. The number of furan rings is 1. The fraction of sp³-hybridized carbons (Fsp3) is 0.429. The van der Waals surface area contributed by atoms with Gasteiger partial charge in [0.15, 0.2) is 5.76 Å². The van der Waals surface area contributed by atoms with Crippen LogP contribution in [0.15, 0.2) is 47.1 Å². The highest BCUT2D eigenvalue weighted by atomic mass is 16.3. The van der Waals surface area contributed by atoms with Crippen molar-refractivity contribution in [3.05, 3.63) is 59.5 Å². The van der Waals surface area contributed by atoms with Gasteiger partial charge in [0, 0.05) is 38.1 Å². The summed E-state index contributed by atoms with van der Waals surface area (Å²) in [6.07, 6.45) is 3.72. The molecule has 6 heteroatoms. The van der Waals surface area contributed by atoms with E-state index in [2.05, 4.69) is 36.5 Å². The van der Waals surface area contributed by atoms with Gasteiger partial charge in [0.2, 0.25) is 0 Å². The molecule has 6 nitrogen and oxygen atoms in total. The lowest BCUT2D eigenvalue weighted by Gasteiger charge is -2.34. The van der Waals surface area contributed by atoms with Gasteiger partial charge in [-0.1, -0.05) is 29.8 Å². The van der Waals surface area contributed by atoms with E-state index >= 15 is 0 Å². The minimum atomic E-state index is -0.114. The van der Waals surface area contributed by atoms with Crippen LogP contribution >= 0.6 is 0 Å². The Bertz CT molecular complexity index is 802. The maximum atomic E-state index is 12.6. The third-order valence-electron chi connectivity index (χ3n) is 5.68. The number of carbonyl (C=O) groups excluding carboxylic acids is 2. The molecular formula is C21H25N3O3. The zero-order valence-electron chi connectivity index (χ0n) is 15.6. The Morgan fingerprint density at radius 1 is 1.04 bits per heavy atom. The smallest absolute Gasteiger partial charge is 0.317 e. The Morgan fingerprint density at radius 2 is 1.70 bits per heavy atom. The first-order valence-corrected chi connectivity index (χ1v) is 9.50. The molecule has 2 aliphatic rings. The van der Waals surface area contributed by atoms with Gasteiger partial charge >= 0.3 is 6.03 Å². The number of nitrogens with one attached hydrogen (secondary N) is 1. The summed E-state index contributed by atoms with van der Waals surface area (Å²) in [7, 11) is 0. The molecule has 0 bridgehead atoms. The number of rotatable bonds is 4. The van der Waals surface area contributed by atoms with Crippen LogP contribution in [0.3, 0.4) is 0 Å². The number of benzene rings is 1. The maximum Gasteiger partial charge on any atom is 0.317 e. The number of nitrogens with zero attached hydrogens (tertiary/aromatic N) is 2. The van der Waals surface area contributed by atoms with Gasteiger partial charge in [-0.15, -0.1) is 0 Å². The topological polar surface area (TPSA) is 65.8 Å². The molecule has 1 aromatic carbocycles. The van der Waals surface area contributed by atoms with Crippen molar-refractivity contribution in [2.45, 2.75) is 25.2 Å². The first kappa shape index (κ1) is 17.6. The molecule has 0 spiro atoms. The second kappa shape index (κ2) is 7.10. The van der Waals surface area contributed by atoms with Crippen LogP contribution < -0.4 is 5.32 Å². The largest absolute Gasteiger partial charge is 0.459 e. The summed E-state index contributed by atoms with van der Waals surface area (Å²) in [5.41, 5.74) is 2.66. The summed E-state index contributed by atoms with van der Waals surface area (Å²) in [6.45, 7) is 4.87. The van der Waals surface area contributed by atoms with E-state index in [4.69, 9.17) is 4.42 Å². The van der Waals surface area contributed by atoms with Crippen LogP contribution in [-0.4, -0.2) is 54.5 Å². The van der Waals surface area contributed by atoms with E-state index in [1.54, 1.807) is 21.9 Å². The van der Waals surface area contributed by atoms with Gasteiger partial charge in [0.05, 0.1) is 6.26 Å². The molecule has 142 valence electrons. The van der Waals surface area contributed by atoms with Crippen molar-refractivity contribution in [1.82, 2.24) is 15.1 Å². The van der Waals surface area contributed by atoms with Gasteiger partial charge in [0.25, 0.3) is 5.91 Å². The van der Waals surface area contributed by atoms with E-state index < -0.39 is 0 Å². The van der Waals surface area contributed by atoms with Crippen LogP contribution in [0.25, 0.3) is 0 Å². The average molecular weight is 367 g/mol. The Kier molecular flexibility index (Phi) is 4.64. The van der Waals surface area contributed by atoms with Crippen LogP contribution in [0.1, 0.15) is 34.5 Å². The van der Waals surface area contributed by atoms with Gasteiger partial charge in [0.1, 0.15) is 0 Å². The predicted octanol–water partition coefficient (Wildman–Crippen LogP) is 2.79. The lowest BCUT2D eigenvalue weighted by atomic mass is 9.95. The molecule has 1 saturated carbocycles. The summed E-state index contributed by atoms with van der Waals surface area (Å²) < 4.78 is 5.17. The van der Waals surface area contributed by atoms with Crippen LogP contribution in [0.2, 0.25) is 0 Å². The number of piperazine rings is 1.